The fourth-order valence-electron chi connectivity index (χ4n) is 2.74. The Morgan fingerprint density at radius 2 is 1.25 bits per heavy atom. The summed E-state index contributed by atoms with van der Waals surface area (Å²) in [7, 11) is 0. The molecule has 0 aliphatic rings. The van der Waals surface area contributed by atoms with Crippen molar-refractivity contribution in [3.8, 4) is 0 Å². The summed E-state index contributed by atoms with van der Waals surface area (Å²) in [4.78, 5) is 2.26. The predicted molar refractivity (Wildman–Crippen MR) is 99.9 cm³/mol. The minimum atomic E-state index is -0.171. The van der Waals surface area contributed by atoms with Gasteiger partial charge in [-0.15, -0.1) is 0 Å². The van der Waals surface area contributed by atoms with Crippen molar-refractivity contribution in [1.29, 1.82) is 0 Å². The second-order valence-corrected chi connectivity index (χ2v) is 6.77. The zero-order chi connectivity index (χ0) is 16.8. The van der Waals surface area contributed by atoms with Gasteiger partial charge < -0.3 is 0 Å². The number of halogens is 2. The minimum absolute atomic E-state index is 0.171. The molecule has 3 aromatic carbocycles. The van der Waals surface area contributed by atoms with E-state index in [1.54, 1.807) is 0 Å². The monoisotopic (exact) mass is 383 g/mol. The molecule has 0 heterocycles. The van der Waals surface area contributed by atoms with Crippen LogP contribution in [0.5, 0.6) is 0 Å². The van der Waals surface area contributed by atoms with E-state index < -0.39 is 0 Å². The maximum atomic E-state index is 14.2. The van der Waals surface area contributed by atoms with Crippen LogP contribution in [0.2, 0.25) is 0 Å². The van der Waals surface area contributed by atoms with E-state index in [4.69, 9.17) is 0 Å². The molecule has 0 atom stereocenters. The highest BCUT2D eigenvalue weighted by atomic mass is 79.9. The standard InChI is InChI=1S/C21H19BrFN/c22-20-12-11-19(21(23)13-20)16-24(14-17-7-3-1-4-8-17)15-18-9-5-2-6-10-18/h1-13H,14-16H2. The normalized spacial score (nSPS) is 11.0. The van der Waals surface area contributed by atoms with Crippen LogP contribution in [0.25, 0.3) is 0 Å². The van der Waals surface area contributed by atoms with Crippen molar-refractivity contribution < 1.29 is 4.39 Å². The lowest BCUT2D eigenvalue weighted by molar-refractivity contribution is 0.244. The summed E-state index contributed by atoms with van der Waals surface area (Å²) in [6, 6.07) is 25.9. The van der Waals surface area contributed by atoms with Gasteiger partial charge in [-0.25, -0.2) is 4.39 Å². The Kier molecular flexibility index (Phi) is 5.78. The second-order valence-electron chi connectivity index (χ2n) is 5.85. The Morgan fingerprint density at radius 1 is 0.708 bits per heavy atom. The number of hydrogen-bond donors (Lipinski definition) is 0. The van der Waals surface area contributed by atoms with Crippen LogP contribution in [0.15, 0.2) is 83.3 Å². The zero-order valence-electron chi connectivity index (χ0n) is 13.3. The SMILES string of the molecule is Fc1cc(Br)ccc1CN(Cc1ccccc1)Cc1ccccc1. The lowest BCUT2D eigenvalue weighted by Crippen LogP contribution is -2.23. The summed E-state index contributed by atoms with van der Waals surface area (Å²) in [6.45, 7) is 2.14. The highest BCUT2D eigenvalue weighted by molar-refractivity contribution is 9.10. The highest BCUT2D eigenvalue weighted by Crippen LogP contribution is 2.19. The molecule has 0 aromatic heterocycles. The molecule has 0 bridgehead atoms. The van der Waals surface area contributed by atoms with Gasteiger partial charge >= 0.3 is 0 Å². The van der Waals surface area contributed by atoms with Crippen LogP contribution >= 0.6 is 15.9 Å². The number of rotatable bonds is 6. The average molecular weight is 384 g/mol. The summed E-state index contributed by atoms with van der Waals surface area (Å²) >= 11 is 3.32. The molecule has 0 amide bonds. The summed E-state index contributed by atoms with van der Waals surface area (Å²) in [5, 5.41) is 0. The van der Waals surface area contributed by atoms with Crippen molar-refractivity contribution in [2.45, 2.75) is 19.6 Å². The summed E-state index contributed by atoms with van der Waals surface area (Å²) in [5.74, 6) is -0.171. The first-order valence-electron chi connectivity index (χ1n) is 7.95. The molecular formula is C21H19BrFN. The Balaban J connectivity index is 1.80. The van der Waals surface area contributed by atoms with Crippen LogP contribution in [-0.4, -0.2) is 4.90 Å². The van der Waals surface area contributed by atoms with Crippen LogP contribution in [-0.2, 0) is 19.6 Å². The van der Waals surface area contributed by atoms with Crippen LogP contribution in [0.1, 0.15) is 16.7 Å². The van der Waals surface area contributed by atoms with E-state index in [2.05, 4.69) is 45.1 Å². The molecule has 0 aliphatic carbocycles. The first kappa shape index (κ1) is 16.9. The average Bonchev–Trinajstić information content (AvgIpc) is 2.59. The quantitative estimate of drug-likeness (QED) is 0.520. The maximum absolute atomic E-state index is 14.2. The van der Waals surface area contributed by atoms with Crippen molar-refractivity contribution >= 4 is 15.9 Å². The Bertz CT molecular complexity index is 733. The molecule has 0 saturated carbocycles. The molecule has 0 saturated heterocycles. The van der Waals surface area contributed by atoms with Crippen LogP contribution in [0.4, 0.5) is 4.39 Å². The number of nitrogens with zero attached hydrogens (tertiary/aromatic N) is 1. The third-order valence-electron chi connectivity index (χ3n) is 3.91. The summed E-state index contributed by atoms with van der Waals surface area (Å²) in [5.41, 5.74) is 3.17. The van der Waals surface area contributed by atoms with E-state index in [0.29, 0.717) is 12.1 Å². The van der Waals surface area contributed by atoms with E-state index in [-0.39, 0.29) is 5.82 Å². The summed E-state index contributed by atoms with van der Waals surface area (Å²) < 4.78 is 15.0. The summed E-state index contributed by atoms with van der Waals surface area (Å²) in [6.07, 6.45) is 0. The maximum Gasteiger partial charge on any atom is 0.128 e. The molecule has 0 radical (unpaired) electrons. The van der Waals surface area contributed by atoms with E-state index in [9.17, 15) is 4.39 Å². The van der Waals surface area contributed by atoms with Gasteiger partial charge in [0.1, 0.15) is 5.82 Å². The van der Waals surface area contributed by atoms with Crippen molar-refractivity contribution in [3.63, 3.8) is 0 Å². The van der Waals surface area contributed by atoms with Gasteiger partial charge in [0.25, 0.3) is 0 Å². The molecule has 1 nitrogen and oxygen atoms in total. The van der Waals surface area contributed by atoms with Crippen LogP contribution in [0.3, 0.4) is 0 Å². The molecule has 3 rings (SSSR count). The number of hydrogen-bond acceptors (Lipinski definition) is 1. The molecular weight excluding hydrogens is 365 g/mol. The Labute approximate surface area is 150 Å². The van der Waals surface area contributed by atoms with Gasteiger partial charge in [-0.3, -0.25) is 4.90 Å². The first-order chi connectivity index (χ1) is 11.7. The van der Waals surface area contributed by atoms with Gasteiger partial charge in [0, 0.05) is 29.7 Å². The minimum Gasteiger partial charge on any atom is -0.290 e. The second kappa shape index (κ2) is 8.22. The van der Waals surface area contributed by atoms with Crippen molar-refractivity contribution in [2.24, 2.45) is 0 Å². The van der Waals surface area contributed by atoms with Crippen LogP contribution < -0.4 is 0 Å². The molecule has 0 fully saturated rings. The molecule has 0 spiro atoms. The van der Waals surface area contributed by atoms with Gasteiger partial charge in [0.2, 0.25) is 0 Å². The van der Waals surface area contributed by atoms with E-state index in [1.807, 2.05) is 48.5 Å². The first-order valence-corrected chi connectivity index (χ1v) is 8.74. The fraction of sp³-hybridized carbons (Fsp3) is 0.143. The molecule has 24 heavy (non-hydrogen) atoms. The van der Waals surface area contributed by atoms with Crippen molar-refractivity contribution in [3.05, 3.63) is 106 Å². The van der Waals surface area contributed by atoms with Crippen molar-refractivity contribution in [1.82, 2.24) is 4.90 Å². The third kappa shape index (κ3) is 4.76. The van der Waals surface area contributed by atoms with Gasteiger partial charge in [-0.2, -0.15) is 0 Å². The highest BCUT2D eigenvalue weighted by Gasteiger charge is 2.11. The fourth-order valence-corrected chi connectivity index (χ4v) is 3.07. The zero-order valence-corrected chi connectivity index (χ0v) is 14.9. The molecule has 122 valence electrons. The van der Waals surface area contributed by atoms with E-state index in [0.717, 1.165) is 17.6 Å². The molecule has 3 aromatic rings. The van der Waals surface area contributed by atoms with Crippen LogP contribution in [0, 0.1) is 5.82 Å². The molecule has 0 aliphatic heterocycles. The lowest BCUT2D eigenvalue weighted by Gasteiger charge is -2.23. The molecule has 0 N–H and O–H groups in total. The smallest absolute Gasteiger partial charge is 0.128 e. The number of benzene rings is 3. The lowest BCUT2D eigenvalue weighted by atomic mass is 10.1. The molecule has 3 heteroatoms. The third-order valence-corrected chi connectivity index (χ3v) is 4.40. The van der Waals surface area contributed by atoms with Gasteiger partial charge in [0.05, 0.1) is 0 Å². The van der Waals surface area contributed by atoms with Crippen molar-refractivity contribution in [2.75, 3.05) is 0 Å². The largest absolute Gasteiger partial charge is 0.290 e. The van der Waals surface area contributed by atoms with E-state index >= 15 is 0 Å². The van der Waals surface area contributed by atoms with Gasteiger partial charge in [0.15, 0.2) is 0 Å². The molecule has 0 unspecified atom stereocenters. The van der Waals surface area contributed by atoms with E-state index in [1.165, 1.54) is 17.2 Å². The predicted octanol–water partition coefficient (Wildman–Crippen LogP) is 5.79. The topological polar surface area (TPSA) is 3.24 Å². The van der Waals surface area contributed by atoms with Gasteiger partial charge in [-0.05, 0) is 23.3 Å². The Hall–Kier alpha value is -1.97. The van der Waals surface area contributed by atoms with Gasteiger partial charge in [-0.1, -0.05) is 82.7 Å². The Morgan fingerprint density at radius 3 is 1.75 bits per heavy atom.